The first-order chi connectivity index (χ1) is 8.20. The van der Waals surface area contributed by atoms with Gasteiger partial charge in [-0.05, 0) is 25.0 Å². The molecule has 1 unspecified atom stereocenters. The van der Waals surface area contributed by atoms with Gasteiger partial charge in [-0.25, -0.2) is 0 Å². The van der Waals surface area contributed by atoms with E-state index in [0.29, 0.717) is 9.85 Å². The SMILES string of the molecule is CCCC(Br)CCc1cc2cccc(Cl)c2o1. The van der Waals surface area contributed by atoms with Gasteiger partial charge < -0.3 is 4.42 Å². The van der Waals surface area contributed by atoms with Crippen LogP contribution in [0.1, 0.15) is 31.9 Å². The van der Waals surface area contributed by atoms with Crippen molar-refractivity contribution in [2.45, 2.75) is 37.4 Å². The molecule has 2 rings (SSSR count). The molecule has 3 heteroatoms. The van der Waals surface area contributed by atoms with Gasteiger partial charge in [0, 0.05) is 16.6 Å². The summed E-state index contributed by atoms with van der Waals surface area (Å²) in [6, 6.07) is 7.94. The maximum atomic E-state index is 6.08. The molecule has 1 aromatic carbocycles. The molecule has 17 heavy (non-hydrogen) atoms. The molecule has 0 N–H and O–H groups in total. The van der Waals surface area contributed by atoms with Crippen LogP contribution < -0.4 is 0 Å². The smallest absolute Gasteiger partial charge is 0.152 e. The number of hydrogen-bond acceptors (Lipinski definition) is 1. The van der Waals surface area contributed by atoms with Gasteiger partial charge in [-0.2, -0.15) is 0 Å². The van der Waals surface area contributed by atoms with E-state index >= 15 is 0 Å². The molecule has 0 bridgehead atoms. The Kier molecular flexibility index (Phi) is 4.52. The van der Waals surface area contributed by atoms with Crippen molar-refractivity contribution >= 4 is 38.5 Å². The third-order valence-corrected chi connectivity index (χ3v) is 4.07. The van der Waals surface area contributed by atoms with Gasteiger partial charge in [-0.15, -0.1) is 0 Å². The number of rotatable bonds is 5. The van der Waals surface area contributed by atoms with Crippen LogP contribution >= 0.6 is 27.5 Å². The van der Waals surface area contributed by atoms with Crippen molar-refractivity contribution < 1.29 is 4.42 Å². The summed E-state index contributed by atoms with van der Waals surface area (Å²) < 4.78 is 5.77. The Morgan fingerprint density at radius 1 is 1.35 bits per heavy atom. The maximum Gasteiger partial charge on any atom is 0.152 e. The Morgan fingerprint density at radius 3 is 2.88 bits per heavy atom. The number of furan rings is 1. The highest BCUT2D eigenvalue weighted by Crippen LogP contribution is 2.27. The Bertz CT molecular complexity index is 492. The van der Waals surface area contributed by atoms with Gasteiger partial charge in [0.1, 0.15) is 5.76 Å². The van der Waals surface area contributed by atoms with Crippen LogP contribution in [-0.4, -0.2) is 4.83 Å². The highest BCUT2D eigenvalue weighted by molar-refractivity contribution is 9.09. The normalized spacial score (nSPS) is 13.1. The van der Waals surface area contributed by atoms with Gasteiger partial charge in [0.25, 0.3) is 0 Å². The number of benzene rings is 1. The Labute approximate surface area is 115 Å². The van der Waals surface area contributed by atoms with Crippen molar-refractivity contribution in [2.24, 2.45) is 0 Å². The number of alkyl halides is 1. The van der Waals surface area contributed by atoms with Crippen LogP contribution in [0.25, 0.3) is 11.0 Å². The number of fused-ring (bicyclic) bond motifs is 1. The lowest BCUT2D eigenvalue weighted by Gasteiger charge is -2.05. The largest absolute Gasteiger partial charge is 0.460 e. The van der Waals surface area contributed by atoms with Crippen molar-refractivity contribution in [2.75, 3.05) is 0 Å². The highest BCUT2D eigenvalue weighted by atomic mass is 79.9. The molecule has 92 valence electrons. The van der Waals surface area contributed by atoms with Crippen LogP contribution in [0.15, 0.2) is 28.7 Å². The summed E-state index contributed by atoms with van der Waals surface area (Å²) in [6.45, 7) is 2.20. The van der Waals surface area contributed by atoms with E-state index in [2.05, 4.69) is 28.9 Å². The molecule has 0 aliphatic rings. The molecule has 1 heterocycles. The average Bonchev–Trinajstić information content (AvgIpc) is 2.71. The zero-order valence-corrected chi connectivity index (χ0v) is 12.2. The predicted molar refractivity (Wildman–Crippen MR) is 77.2 cm³/mol. The number of hydrogen-bond donors (Lipinski definition) is 0. The maximum absolute atomic E-state index is 6.08. The molecule has 1 aromatic heterocycles. The first-order valence-electron chi connectivity index (χ1n) is 6.01. The van der Waals surface area contributed by atoms with E-state index in [1.165, 1.54) is 12.8 Å². The first-order valence-corrected chi connectivity index (χ1v) is 7.31. The second-order valence-electron chi connectivity index (χ2n) is 4.30. The predicted octanol–water partition coefficient (Wildman–Crippen LogP) is 5.58. The van der Waals surface area contributed by atoms with Crippen LogP contribution in [0.2, 0.25) is 5.02 Å². The van der Waals surface area contributed by atoms with Crippen LogP contribution in [0.3, 0.4) is 0 Å². The Hall–Kier alpha value is -0.470. The van der Waals surface area contributed by atoms with E-state index in [-0.39, 0.29) is 0 Å². The fourth-order valence-electron chi connectivity index (χ4n) is 1.96. The van der Waals surface area contributed by atoms with Crippen LogP contribution in [0, 0.1) is 0 Å². The molecule has 0 aliphatic carbocycles. The second-order valence-corrected chi connectivity index (χ2v) is 6.00. The third-order valence-electron chi connectivity index (χ3n) is 2.85. The standard InChI is InChI=1S/C14H16BrClO/c1-2-4-11(15)7-8-12-9-10-5-3-6-13(16)14(10)17-12/h3,5-6,9,11H,2,4,7-8H2,1H3. The minimum absolute atomic E-state index is 0.580. The van der Waals surface area contributed by atoms with Crippen molar-refractivity contribution in [3.63, 3.8) is 0 Å². The zero-order valence-electron chi connectivity index (χ0n) is 9.88. The number of para-hydroxylation sites is 1. The van der Waals surface area contributed by atoms with E-state index in [0.717, 1.165) is 29.6 Å². The summed E-state index contributed by atoms with van der Waals surface area (Å²) in [5, 5.41) is 1.78. The fourth-order valence-corrected chi connectivity index (χ4v) is 2.87. The lowest BCUT2D eigenvalue weighted by atomic mass is 10.1. The monoisotopic (exact) mass is 314 g/mol. The molecule has 0 saturated heterocycles. The summed E-state index contributed by atoms with van der Waals surface area (Å²) in [6.07, 6.45) is 4.48. The molecular weight excluding hydrogens is 300 g/mol. The molecule has 0 aliphatic heterocycles. The molecule has 0 spiro atoms. The van der Waals surface area contributed by atoms with E-state index in [9.17, 15) is 0 Å². The second kappa shape index (κ2) is 5.92. The van der Waals surface area contributed by atoms with Gasteiger partial charge >= 0.3 is 0 Å². The van der Waals surface area contributed by atoms with Gasteiger partial charge in [0.05, 0.1) is 5.02 Å². The van der Waals surface area contributed by atoms with Crippen molar-refractivity contribution in [1.82, 2.24) is 0 Å². The van der Waals surface area contributed by atoms with E-state index in [4.69, 9.17) is 16.0 Å². The first kappa shape index (κ1) is 13.0. The molecule has 0 saturated carbocycles. The van der Waals surface area contributed by atoms with Crippen LogP contribution in [0.4, 0.5) is 0 Å². The van der Waals surface area contributed by atoms with Crippen molar-refractivity contribution in [3.8, 4) is 0 Å². The van der Waals surface area contributed by atoms with E-state index < -0.39 is 0 Å². The Balaban J connectivity index is 2.07. The fraction of sp³-hybridized carbons (Fsp3) is 0.429. The van der Waals surface area contributed by atoms with Gasteiger partial charge in [0.2, 0.25) is 0 Å². The lowest BCUT2D eigenvalue weighted by molar-refractivity contribution is 0.532. The van der Waals surface area contributed by atoms with Crippen molar-refractivity contribution in [3.05, 3.63) is 35.0 Å². The summed E-state index contributed by atoms with van der Waals surface area (Å²) >= 11 is 9.77. The van der Waals surface area contributed by atoms with Crippen LogP contribution in [0.5, 0.6) is 0 Å². The summed E-state index contributed by atoms with van der Waals surface area (Å²) in [5.74, 6) is 1.02. The molecular formula is C14H16BrClO. The van der Waals surface area contributed by atoms with Gasteiger partial charge in [-0.1, -0.05) is 53.0 Å². The van der Waals surface area contributed by atoms with Gasteiger partial charge in [-0.3, -0.25) is 0 Å². The van der Waals surface area contributed by atoms with Crippen LogP contribution in [-0.2, 0) is 6.42 Å². The summed E-state index contributed by atoms with van der Waals surface area (Å²) in [7, 11) is 0. The molecule has 1 atom stereocenters. The minimum Gasteiger partial charge on any atom is -0.460 e. The average molecular weight is 316 g/mol. The quantitative estimate of drug-likeness (QED) is 0.656. The van der Waals surface area contributed by atoms with Gasteiger partial charge in [0.15, 0.2) is 5.58 Å². The van der Waals surface area contributed by atoms with E-state index in [1.807, 2.05) is 18.2 Å². The molecule has 2 aromatic rings. The summed E-state index contributed by atoms with van der Waals surface area (Å²) in [4.78, 5) is 0.580. The minimum atomic E-state index is 0.580. The molecule has 0 amide bonds. The summed E-state index contributed by atoms with van der Waals surface area (Å²) in [5.41, 5.74) is 0.811. The van der Waals surface area contributed by atoms with Crippen molar-refractivity contribution in [1.29, 1.82) is 0 Å². The highest BCUT2D eigenvalue weighted by Gasteiger charge is 2.09. The number of aryl methyl sites for hydroxylation is 1. The molecule has 0 radical (unpaired) electrons. The Morgan fingerprint density at radius 2 is 2.18 bits per heavy atom. The van der Waals surface area contributed by atoms with E-state index in [1.54, 1.807) is 0 Å². The number of halogens is 2. The third kappa shape index (κ3) is 3.26. The lowest BCUT2D eigenvalue weighted by Crippen LogP contribution is -1.98. The molecule has 1 nitrogen and oxygen atoms in total. The topological polar surface area (TPSA) is 13.1 Å². The zero-order chi connectivity index (χ0) is 12.3. The molecule has 0 fully saturated rings.